The number of hydrogen-bond acceptors (Lipinski definition) is 2. The van der Waals surface area contributed by atoms with Crippen LogP contribution in [-0.2, 0) is 15.3 Å². The van der Waals surface area contributed by atoms with Gasteiger partial charge >= 0.3 is 0 Å². The molecule has 0 fully saturated rings. The van der Waals surface area contributed by atoms with E-state index >= 15 is 0 Å². The van der Waals surface area contributed by atoms with Crippen LogP contribution in [-0.4, -0.2) is 13.9 Å². The van der Waals surface area contributed by atoms with Crippen molar-refractivity contribution in [3.63, 3.8) is 0 Å². The fourth-order valence-electron chi connectivity index (χ4n) is 5.84. The molecule has 42 heavy (non-hydrogen) atoms. The maximum absolute atomic E-state index is 6.41. The van der Waals surface area contributed by atoms with Gasteiger partial charge in [0.2, 0.25) is 0 Å². The molecule has 0 aliphatic carbocycles. The maximum Gasteiger partial charge on any atom is 0.188 e. The zero-order valence-corrected chi connectivity index (χ0v) is 28.6. The third kappa shape index (κ3) is 7.17. The lowest BCUT2D eigenvalue weighted by atomic mass is 9.81. The minimum Gasteiger partial charge on any atom is -0.467 e. The molecule has 4 rings (SSSR count). The van der Waals surface area contributed by atoms with Crippen molar-refractivity contribution in [2.75, 3.05) is 13.9 Å². The summed E-state index contributed by atoms with van der Waals surface area (Å²) < 4.78 is 11.8. The fourth-order valence-corrected chi connectivity index (χ4v) is 10.6. The first-order chi connectivity index (χ1) is 20.1. The van der Waals surface area contributed by atoms with Crippen LogP contribution in [0.3, 0.4) is 0 Å². The van der Waals surface area contributed by atoms with Crippen LogP contribution in [0.4, 0.5) is 0 Å². The third-order valence-electron chi connectivity index (χ3n) is 8.14. The SMILES string of the molecule is CCCC(CC)(Pc1c(C)cccc1P(c1ccccc1)c1ccccc1)c1cc(C(C)(C)C)cc(C)c1OCOC. The van der Waals surface area contributed by atoms with Crippen LogP contribution < -0.4 is 26.0 Å². The van der Waals surface area contributed by atoms with Crippen molar-refractivity contribution in [3.8, 4) is 5.75 Å². The van der Waals surface area contributed by atoms with E-state index in [4.69, 9.17) is 9.47 Å². The minimum atomic E-state index is -0.711. The van der Waals surface area contributed by atoms with Gasteiger partial charge in [0.1, 0.15) is 5.75 Å². The van der Waals surface area contributed by atoms with E-state index in [1.54, 1.807) is 7.11 Å². The van der Waals surface area contributed by atoms with Gasteiger partial charge in [0.25, 0.3) is 0 Å². The Morgan fingerprint density at radius 2 is 1.38 bits per heavy atom. The van der Waals surface area contributed by atoms with Gasteiger partial charge in [-0.1, -0.05) is 141 Å². The van der Waals surface area contributed by atoms with E-state index in [-0.39, 0.29) is 17.4 Å². The van der Waals surface area contributed by atoms with Gasteiger partial charge < -0.3 is 9.47 Å². The molecule has 4 aromatic rings. The van der Waals surface area contributed by atoms with Crippen molar-refractivity contribution in [3.05, 3.63) is 113 Å². The Bertz CT molecular complexity index is 1400. The van der Waals surface area contributed by atoms with E-state index in [2.05, 4.69) is 139 Å². The monoisotopic (exact) mass is 598 g/mol. The smallest absolute Gasteiger partial charge is 0.188 e. The van der Waals surface area contributed by atoms with E-state index in [0.717, 1.165) is 25.0 Å². The van der Waals surface area contributed by atoms with Gasteiger partial charge in [-0.2, -0.15) is 0 Å². The Kier molecular flexibility index (Phi) is 11.0. The van der Waals surface area contributed by atoms with Crippen LogP contribution in [0, 0.1) is 13.8 Å². The topological polar surface area (TPSA) is 18.5 Å². The van der Waals surface area contributed by atoms with Gasteiger partial charge in [-0.3, -0.25) is 0 Å². The van der Waals surface area contributed by atoms with Crippen LogP contribution in [0.15, 0.2) is 91.0 Å². The van der Waals surface area contributed by atoms with Crippen LogP contribution in [0.2, 0.25) is 0 Å². The Hall–Kier alpha value is -2.50. The average Bonchev–Trinajstić information content (AvgIpc) is 2.98. The molecule has 0 spiro atoms. The molecule has 0 aliphatic heterocycles. The minimum absolute atomic E-state index is 0.0386. The van der Waals surface area contributed by atoms with E-state index in [1.165, 1.54) is 43.5 Å². The number of rotatable bonds is 12. The highest BCUT2D eigenvalue weighted by Crippen LogP contribution is 2.53. The second kappa shape index (κ2) is 14.3. The molecule has 0 N–H and O–H groups in total. The third-order valence-corrected chi connectivity index (χ3v) is 13.1. The standard InChI is InChI=1S/C38H48O2P2/c1-9-24-38(10-2,33-26-30(37(5,6)7)25-29(4)35(33)40-27-39-8)41-36-28(3)18-17-23-34(36)42(31-19-13-11-14-20-31)32-21-15-12-16-22-32/h11-23,25-26,41H,9-10,24,27H2,1-8H3. The van der Waals surface area contributed by atoms with Gasteiger partial charge in [0, 0.05) is 17.8 Å². The Morgan fingerprint density at radius 1 is 0.762 bits per heavy atom. The Balaban J connectivity index is 1.97. The van der Waals surface area contributed by atoms with E-state index < -0.39 is 7.92 Å². The van der Waals surface area contributed by atoms with Crippen molar-refractivity contribution < 1.29 is 9.47 Å². The van der Waals surface area contributed by atoms with Gasteiger partial charge in [-0.25, -0.2) is 0 Å². The molecule has 0 aliphatic rings. The molecule has 0 saturated heterocycles. The first-order valence-electron chi connectivity index (χ1n) is 15.2. The molecule has 222 valence electrons. The zero-order valence-electron chi connectivity index (χ0n) is 26.8. The second-order valence-corrected chi connectivity index (χ2v) is 16.1. The van der Waals surface area contributed by atoms with E-state index in [0.29, 0.717) is 8.58 Å². The molecular formula is C38H48O2P2. The molecule has 4 heteroatoms. The lowest BCUT2D eigenvalue weighted by Crippen LogP contribution is -2.34. The van der Waals surface area contributed by atoms with Crippen LogP contribution in [0.5, 0.6) is 5.75 Å². The van der Waals surface area contributed by atoms with Crippen molar-refractivity contribution >= 4 is 37.7 Å². The molecule has 0 aromatic heterocycles. The highest BCUT2D eigenvalue weighted by molar-refractivity contribution is 7.81. The first-order valence-corrected chi connectivity index (χ1v) is 17.5. The number of benzene rings is 4. The summed E-state index contributed by atoms with van der Waals surface area (Å²) in [6.45, 7) is 16.4. The molecule has 4 aromatic carbocycles. The average molecular weight is 599 g/mol. The fraction of sp³-hybridized carbons (Fsp3) is 0.368. The molecule has 0 amide bonds. The van der Waals surface area contributed by atoms with Crippen LogP contribution in [0.1, 0.15) is 76.1 Å². The maximum atomic E-state index is 6.41. The second-order valence-electron chi connectivity index (χ2n) is 12.3. The van der Waals surface area contributed by atoms with Gasteiger partial charge in [0.15, 0.2) is 6.79 Å². The van der Waals surface area contributed by atoms with E-state index in [9.17, 15) is 0 Å². The summed E-state index contributed by atoms with van der Waals surface area (Å²) in [6, 6.07) is 33.9. The Labute approximate surface area is 257 Å². The summed E-state index contributed by atoms with van der Waals surface area (Å²) in [5.74, 6) is 0.996. The zero-order chi connectivity index (χ0) is 30.3. The van der Waals surface area contributed by atoms with Crippen molar-refractivity contribution in [2.24, 2.45) is 0 Å². The van der Waals surface area contributed by atoms with Gasteiger partial charge in [0.05, 0.1) is 0 Å². The molecule has 0 saturated carbocycles. The predicted octanol–water partition coefficient (Wildman–Crippen LogP) is 8.75. The molecule has 0 heterocycles. The summed E-state index contributed by atoms with van der Waals surface area (Å²) in [6.07, 6.45) is 3.25. The summed E-state index contributed by atoms with van der Waals surface area (Å²) in [5.41, 5.74) is 5.30. The molecule has 2 nitrogen and oxygen atoms in total. The summed E-state index contributed by atoms with van der Waals surface area (Å²) in [5, 5.41) is 5.70. The molecular weight excluding hydrogens is 550 g/mol. The lowest BCUT2D eigenvalue weighted by Gasteiger charge is -2.38. The molecule has 2 atom stereocenters. The van der Waals surface area contributed by atoms with E-state index in [1.807, 2.05) is 0 Å². The highest BCUT2D eigenvalue weighted by atomic mass is 31.1. The lowest BCUT2D eigenvalue weighted by molar-refractivity contribution is 0.0493. The molecule has 0 bridgehead atoms. The normalized spacial score (nSPS) is 13.5. The number of methoxy groups -OCH3 is 1. The van der Waals surface area contributed by atoms with Crippen LogP contribution >= 0.6 is 16.5 Å². The summed E-state index contributed by atoms with van der Waals surface area (Å²) in [4.78, 5) is 0. The number of ether oxygens (including phenoxy) is 2. The quantitative estimate of drug-likeness (QED) is 0.120. The molecule has 2 unspecified atom stereocenters. The first kappa shape index (κ1) is 32.4. The van der Waals surface area contributed by atoms with Crippen LogP contribution in [0.25, 0.3) is 0 Å². The molecule has 0 radical (unpaired) electrons. The Morgan fingerprint density at radius 3 is 1.90 bits per heavy atom. The van der Waals surface area contributed by atoms with Crippen molar-refractivity contribution in [1.29, 1.82) is 0 Å². The highest BCUT2D eigenvalue weighted by Gasteiger charge is 2.37. The van der Waals surface area contributed by atoms with Gasteiger partial charge in [-0.05, 0) is 77.9 Å². The van der Waals surface area contributed by atoms with Crippen molar-refractivity contribution in [2.45, 2.75) is 78.3 Å². The van der Waals surface area contributed by atoms with Gasteiger partial charge in [-0.15, -0.1) is 0 Å². The summed E-state index contributed by atoms with van der Waals surface area (Å²) in [7, 11) is 1.59. The predicted molar refractivity (Wildman–Crippen MR) is 187 cm³/mol. The number of hydrogen-bond donors (Lipinski definition) is 0. The summed E-state index contributed by atoms with van der Waals surface area (Å²) >= 11 is 0. The largest absolute Gasteiger partial charge is 0.467 e. The number of aryl methyl sites for hydroxylation is 2. The van der Waals surface area contributed by atoms with Crippen molar-refractivity contribution in [1.82, 2.24) is 0 Å².